The third kappa shape index (κ3) is 3.65. The average molecular weight is 350 g/mol. The van der Waals surface area contributed by atoms with Crippen LogP contribution in [0.3, 0.4) is 0 Å². The first-order valence-electron chi connectivity index (χ1n) is 7.84. The van der Waals surface area contributed by atoms with Crippen LogP contribution >= 0.6 is 0 Å². The van der Waals surface area contributed by atoms with Gasteiger partial charge in [0.1, 0.15) is 17.3 Å². The average Bonchev–Trinajstić information content (AvgIpc) is 2.63. The summed E-state index contributed by atoms with van der Waals surface area (Å²) in [6.45, 7) is 0.934. The van der Waals surface area contributed by atoms with Crippen molar-refractivity contribution < 1.29 is 23.2 Å². The van der Waals surface area contributed by atoms with Crippen LogP contribution in [0.25, 0.3) is 0 Å². The van der Waals surface area contributed by atoms with Crippen LogP contribution in [0.15, 0.2) is 23.3 Å². The van der Waals surface area contributed by atoms with Gasteiger partial charge in [-0.25, -0.2) is 14.2 Å². The first-order chi connectivity index (χ1) is 12.0. The normalized spacial score (nSPS) is 17.8. The highest BCUT2D eigenvalue weighted by atomic mass is 19.1. The molecule has 9 heteroatoms. The standard InChI is InChI=1S/C16H16F2N4O3/c17-10-1-2-12(18)11(9-10)15(24)21-5-7-22(8-6-21)16(25)13-3-4-14(23)20-19-13/h1-2,9H,3-8H2,(H,20,23). The summed E-state index contributed by atoms with van der Waals surface area (Å²) < 4.78 is 27.0. The number of nitrogens with zero attached hydrogens (tertiary/aromatic N) is 3. The van der Waals surface area contributed by atoms with Gasteiger partial charge in [-0.2, -0.15) is 5.10 Å². The molecule has 3 amide bonds. The van der Waals surface area contributed by atoms with Crippen molar-refractivity contribution in [3.05, 3.63) is 35.4 Å². The fourth-order valence-electron chi connectivity index (χ4n) is 2.76. The van der Waals surface area contributed by atoms with Crippen LogP contribution in [0.1, 0.15) is 23.2 Å². The third-order valence-corrected chi connectivity index (χ3v) is 4.16. The highest BCUT2D eigenvalue weighted by Crippen LogP contribution is 2.15. The van der Waals surface area contributed by atoms with Gasteiger partial charge in [-0.15, -0.1) is 0 Å². The number of hydrazone groups is 1. The first-order valence-corrected chi connectivity index (χ1v) is 7.84. The summed E-state index contributed by atoms with van der Waals surface area (Å²) in [6, 6.07) is 2.74. The predicted molar refractivity (Wildman–Crippen MR) is 83.7 cm³/mol. The van der Waals surface area contributed by atoms with Crippen LogP contribution < -0.4 is 5.43 Å². The molecule has 7 nitrogen and oxygen atoms in total. The lowest BCUT2D eigenvalue weighted by molar-refractivity contribution is -0.126. The fourth-order valence-corrected chi connectivity index (χ4v) is 2.76. The molecule has 1 fully saturated rings. The number of amides is 3. The number of carbonyl (C=O) groups is 3. The lowest BCUT2D eigenvalue weighted by Crippen LogP contribution is -2.52. The Labute approximate surface area is 142 Å². The quantitative estimate of drug-likeness (QED) is 0.844. The van der Waals surface area contributed by atoms with Gasteiger partial charge in [-0.1, -0.05) is 0 Å². The Morgan fingerprint density at radius 2 is 1.64 bits per heavy atom. The zero-order valence-corrected chi connectivity index (χ0v) is 13.3. The Bertz CT molecular complexity index is 758. The van der Waals surface area contributed by atoms with Gasteiger partial charge in [0, 0.05) is 39.0 Å². The van der Waals surface area contributed by atoms with Gasteiger partial charge in [0.05, 0.1) is 5.56 Å². The van der Waals surface area contributed by atoms with Crippen LogP contribution in [0.2, 0.25) is 0 Å². The summed E-state index contributed by atoms with van der Waals surface area (Å²) in [6.07, 6.45) is 0.486. The number of hydrogen-bond donors (Lipinski definition) is 1. The van der Waals surface area contributed by atoms with Crippen LogP contribution in [-0.4, -0.2) is 59.4 Å². The Hall–Kier alpha value is -2.84. The summed E-state index contributed by atoms with van der Waals surface area (Å²) in [5.74, 6) is -2.59. The monoisotopic (exact) mass is 350 g/mol. The van der Waals surface area contributed by atoms with Gasteiger partial charge in [-0.3, -0.25) is 14.4 Å². The number of nitrogens with one attached hydrogen (secondary N) is 1. The number of rotatable bonds is 2. The van der Waals surface area contributed by atoms with Gasteiger partial charge >= 0.3 is 0 Å². The molecule has 0 bridgehead atoms. The molecule has 0 radical (unpaired) electrons. The number of halogens is 2. The molecule has 132 valence electrons. The second kappa shape index (κ2) is 6.96. The van der Waals surface area contributed by atoms with Gasteiger partial charge in [0.2, 0.25) is 5.91 Å². The van der Waals surface area contributed by atoms with Crippen molar-refractivity contribution in [2.75, 3.05) is 26.2 Å². The molecule has 0 aliphatic carbocycles. The summed E-state index contributed by atoms with van der Waals surface area (Å²) in [7, 11) is 0. The second-order valence-electron chi connectivity index (χ2n) is 5.80. The lowest BCUT2D eigenvalue weighted by atomic mass is 10.1. The molecule has 1 saturated heterocycles. The number of carbonyl (C=O) groups excluding carboxylic acids is 3. The minimum atomic E-state index is -0.780. The van der Waals surface area contributed by atoms with E-state index in [1.807, 2.05) is 0 Å². The Kier molecular flexibility index (Phi) is 4.73. The maximum Gasteiger partial charge on any atom is 0.270 e. The minimum absolute atomic E-state index is 0.208. The van der Waals surface area contributed by atoms with Gasteiger partial charge in [-0.05, 0) is 18.2 Å². The molecular formula is C16H16F2N4O3. The molecule has 25 heavy (non-hydrogen) atoms. The molecule has 3 rings (SSSR count). The van der Waals surface area contributed by atoms with E-state index in [2.05, 4.69) is 10.5 Å². The van der Waals surface area contributed by atoms with Crippen molar-refractivity contribution >= 4 is 23.4 Å². The topological polar surface area (TPSA) is 82.1 Å². The molecule has 1 aromatic rings. The number of hydrogen-bond acceptors (Lipinski definition) is 4. The second-order valence-corrected chi connectivity index (χ2v) is 5.80. The Balaban J connectivity index is 1.62. The number of piperazine rings is 1. The van der Waals surface area contributed by atoms with Gasteiger partial charge in [0.25, 0.3) is 11.8 Å². The van der Waals surface area contributed by atoms with E-state index in [1.54, 1.807) is 0 Å². The van der Waals surface area contributed by atoms with Gasteiger partial charge < -0.3 is 9.80 Å². The molecule has 0 atom stereocenters. The minimum Gasteiger partial charge on any atom is -0.335 e. The van der Waals surface area contributed by atoms with Gasteiger partial charge in [0.15, 0.2) is 0 Å². The summed E-state index contributed by atoms with van der Waals surface area (Å²) in [5, 5.41) is 3.76. The molecule has 0 aromatic heterocycles. The molecule has 1 aromatic carbocycles. The largest absolute Gasteiger partial charge is 0.335 e. The molecule has 2 aliphatic heterocycles. The maximum absolute atomic E-state index is 13.7. The van der Waals surface area contributed by atoms with Crippen molar-refractivity contribution in [1.29, 1.82) is 0 Å². The first kappa shape index (κ1) is 17.0. The Morgan fingerprint density at radius 3 is 2.24 bits per heavy atom. The molecule has 0 unspecified atom stereocenters. The van der Waals surface area contributed by atoms with Crippen molar-refractivity contribution in [3.63, 3.8) is 0 Å². The smallest absolute Gasteiger partial charge is 0.270 e. The zero-order valence-electron chi connectivity index (χ0n) is 13.3. The van der Waals surface area contributed by atoms with Crippen LogP contribution in [0, 0.1) is 11.6 Å². The fraction of sp³-hybridized carbons (Fsp3) is 0.375. The summed E-state index contributed by atoms with van der Waals surface area (Å²) >= 11 is 0. The van der Waals surface area contributed by atoms with E-state index in [4.69, 9.17) is 0 Å². The highest BCUT2D eigenvalue weighted by molar-refractivity contribution is 6.39. The van der Waals surface area contributed by atoms with Crippen LogP contribution in [0.4, 0.5) is 8.78 Å². The predicted octanol–water partition coefficient (Wildman–Crippen LogP) is 0.515. The highest BCUT2D eigenvalue weighted by Gasteiger charge is 2.29. The van der Waals surface area contributed by atoms with Crippen LogP contribution in [-0.2, 0) is 9.59 Å². The van der Waals surface area contributed by atoms with E-state index < -0.39 is 17.5 Å². The number of benzene rings is 1. The molecule has 2 aliphatic rings. The van der Waals surface area contributed by atoms with Crippen molar-refractivity contribution in [2.45, 2.75) is 12.8 Å². The van der Waals surface area contributed by atoms with E-state index in [0.29, 0.717) is 0 Å². The molecule has 1 N–H and O–H groups in total. The maximum atomic E-state index is 13.7. The van der Waals surface area contributed by atoms with E-state index in [9.17, 15) is 23.2 Å². The zero-order chi connectivity index (χ0) is 18.0. The van der Waals surface area contributed by atoms with Crippen molar-refractivity contribution in [2.24, 2.45) is 5.10 Å². The SMILES string of the molecule is O=C1CCC(C(=O)N2CCN(C(=O)c3cc(F)ccc3F)CC2)=NN1. The summed E-state index contributed by atoms with van der Waals surface area (Å²) in [5.41, 5.74) is 2.23. The van der Waals surface area contributed by atoms with Crippen molar-refractivity contribution in [3.8, 4) is 0 Å². The molecule has 0 spiro atoms. The lowest BCUT2D eigenvalue weighted by Gasteiger charge is -2.35. The van der Waals surface area contributed by atoms with E-state index in [0.717, 1.165) is 18.2 Å². The molecular weight excluding hydrogens is 334 g/mol. The van der Waals surface area contributed by atoms with E-state index in [1.165, 1.54) is 9.80 Å². The Morgan fingerprint density at radius 1 is 1.00 bits per heavy atom. The van der Waals surface area contributed by atoms with E-state index >= 15 is 0 Å². The molecule has 2 heterocycles. The van der Waals surface area contributed by atoms with E-state index in [-0.39, 0.29) is 62.1 Å². The molecule has 0 saturated carbocycles. The summed E-state index contributed by atoms with van der Waals surface area (Å²) in [4.78, 5) is 38.6. The van der Waals surface area contributed by atoms with Crippen LogP contribution in [0.5, 0.6) is 0 Å². The van der Waals surface area contributed by atoms with Crippen molar-refractivity contribution in [1.82, 2.24) is 15.2 Å². The third-order valence-electron chi connectivity index (χ3n) is 4.16.